The summed E-state index contributed by atoms with van der Waals surface area (Å²) in [5, 5.41) is 2.55. The summed E-state index contributed by atoms with van der Waals surface area (Å²) in [6.07, 6.45) is 0. The number of sulfonamides is 1. The van der Waals surface area contributed by atoms with E-state index in [0.717, 1.165) is 11.1 Å². The van der Waals surface area contributed by atoms with Gasteiger partial charge in [-0.1, -0.05) is 30.3 Å². The van der Waals surface area contributed by atoms with Crippen molar-refractivity contribution in [2.45, 2.75) is 18.7 Å². The Morgan fingerprint density at radius 2 is 1.54 bits per heavy atom. The van der Waals surface area contributed by atoms with Crippen LogP contribution >= 0.6 is 0 Å². The van der Waals surface area contributed by atoms with E-state index in [1.54, 1.807) is 6.07 Å². The number of anilines is 2. The maximum Gasteiger partial charge on any atom is 0.261 e. The molecule has 7 heteroatoms. The highest BCUT2D eigenvalue weighted by Crippen LogP contribution is 2.24. The number of carbonyl (C=O) groups excluding carboxylic acids is 1. The molecule has 0 aliphatic rings. The molecule has 3 aromatic rings. The minimum absolute atomic E-state index is 0.0398. The Balaban J connectivity index is 1.86. The van der Waals surface area contributed by atoms with E-state index in [1.165, 1.54) is 42.5 Å². The van der Waals surface area contributed by atoms with E-state index in [1.807, 2.05) is 32.0 Å². The topological polar surface area (TPSA) is 75.3 Å². The second-order valence-corrected chi connectivity index (χ2v) is 8.05. The number of aryl methyl sites for hydroxylation is 2. The summed E-state index contributed by atoms with van der Waals surface area (Å²) in [7, 11) is -3.88. The molecule has 0 radical (unpaired) electrons. The summed E-state index contributed by atoms with van der Waals surface area (Å²) in [5.74, 6) is -1.01. The highest BCUT2D eigenvalue weighted by molar-refractivity contribution is 7.92. The summed E-state index contributed by atoms with van der Waals surface area (Å²) in [5.41, 5.74) is 2.53. The van der Waals surface area contributed by atoms with Gasteiger partial charge in [0.2, 0.25) is 0 Å². The Morgan fingerprint density at radius 1 is 0.893 bits per heavy atom. The molecule has 144 valence electrons. The number of carbonyl (C=O) groups is 1. The maximum atomic E-state index is 13.3. The van der Waals surface area contributed by atoms with Gasteiger partial charge in [0.05, 0.1) is 10.6 Å². The fourth-order valence-electron chi connectivity index (χ4n) is 2.74. The summed E-state index contributed by atoms with van der Waals surface area (Å²) in [6.45, 7) is 3.63. The maximum absolute atomic E-state index is 13.3. The van der Waals surface area contributed by atoms with E-state index in [2.05, 4.69) is 10.0 Å². The molecule has 0 fully saturated rings. The zero-order chi connectivity index (χ0) is 20.3. The van der Waals surface area contributed by atoms with E-state index < -0.39 is 21.7 Å². The van der Waals surface area contributed by atoms with E-state index in [-0.39, 0.29) is 16.1 Å². The summed E-state index contributed by atoms with van der Waals surface area (Å²) in [6, 6.07) is 16.6. The summed E-state index contributed by atoms with van der Waals surface area (Å²) in [4.78, 5) is 12.4. The van der Waals surface area contributed by atoms with Crippen molar-refractivity contribution < 1.29 is 17.6 Å². The van der Waals surface area contributed by atoms with Crippen LogP contribution in [0.3, 0.4) is 0 Å². The fraction of sp³-hybridized carbons (Fsp3) is 0.0952. The lowest BCUT2D eigenvalue weighted by Gasteiger charge is -2.14. The second kappa shape index (κ2) is 7.82. The van der Waals surface area contributed by atoms with Gasteiger partial charge in [-0.3, -0.25) is 9.52 Å². The molecule has 2 N–H and O–H groups in total. The number of amides is 1. The Labute approximate surface area is 163 Å². The molecule has 0 spiro atoms. The predicted molar refractivity (Wildman–Crippen MR) is 108 cm³/mol. The lowest BCUT2D eigenvalue weighted by Crippen LogP contribution is -2.17. The van der Waals surface area contributed by atoms with Crippen molar-refractivity contribution >= 4 is 27.3 Å². The van der Waals surface area contributed by atoms with E-state index in [4.69, 9.17) is 0 Å². The number of benzene rings is 3. The molecule has 0 atom stereocenters. The van der Waals surface area contributed by atoms with Crippen LogP contribution in [-0.2, 0) is 10.0 Å². The largest absolute Gasteiger partial charge is 0.322 e. The first kappa shape index (κ1) is 19.6. The van der Waals surface area contributed by atoms with Crippen molar-refractivity contribution in [2.75, 3.05) is 10.0 Å². The molecule has 0 saturated carbocycles. The minimum Gasteiger partial charge on any atom is -0.322 e. The zero-order valence-electron chi connectivity index (χ0n) is 15.4. The Hall–Kier alpha value is -3.19. The zero-order valence-corrected chi connectivity index (χ0v) is 16.2. The Morgan fingerprint density at radius 3 is 2.21 bits per heavy atom. The van der Waals surface area contributed by atoms with Crippen LogP contribution in [0.5, 0.6) is 0 Å². The van der Waals surface area contributed by atoms with Gasteiger partial charge in [0, 0.05) is 11.3 Å². The van der Waals surface area contributed by atoms with Crippen LogP contribution in [0, 0.1) is 19.7 Å². The van der Waals surface area contributed by atoms with Gasteiger partial charge in [-0.25, -0.2) is 12.8 Å². The molecule has 0 aliphatic carbocycles. The van der Waals surface area contributed by atoms with Gasteiger partial charge in [0.15, 0.2) is 0 Å². The van der Waals surface area contributed by atoms with Gasteiger partial charge in [-0.2, -0.15) is 0 Å². The number of hydrogen-bond acceptors (Lipinski definition) is 3. The number of hydrogen-bond donors (Lipinski definition) is 2. The average Bonchev–Trinajstić information content (AvgIpc) is 2.65. The van der Waals surface area contributed by atoms with Crippen molar-refractivity contribution in [2.24, 2.45) is 0 Å². The average molecular weight is 398 g/mol. The Bertz CT molecular complexity index is 1120. The quantitative estimate of drug-likeness (QED) is 0.665. The number of rotatable bonds is 5. The van der Waals surface area contributed by atoms with Gasteiger partial charge in [0.25, 0.3) is 15.9 Å². The van der Waals surface area contributed by atoms with Gasteiger partial charge >= 0.3 is 0 Å². The monoisotopic (exact) mass is 398 g/mol. The molecular formula is C21H19FN2O3S. The molecule has 3 rings (SSSR count). The number of nitrogens with one attached hydrogen (secondary N) is 2. The molecule has 0 saturated heterocycles. The van der Waals surface area contributed by atoms with Crippen molar-refractivity contribution in [3.8, 4) is 0 Å². The predicted octanol–water partition coefficient (Wildman–Crippen LogP) is 4.50. The molecule has 3 aromatic carbocycles. The molecule has 0 aromatic heterocycles. The molecule has 0 heterocycles. The molecular weight excluding hydrogens is 379 g/mol. The first-order valence-corrected chi connectivity index (χ1v) is 10.0. The highest BCUT2D eigenvalue weighted by Gasteiger charge is 2.18. The Kier molecular flexibility index (Phi) is 5.46. The highest BCUT2D eigenvalue weighted by atomic mass is 32.2. The smallest absolute Gasteiger partial charge is 0.261 e. The van der Waals surface area contributed by atoms with Crippen molar-refractivity contribution in [1.29, 1.82) is 0 Å². The SMILES string of the molecule is Cc1cccc(C)c1NS(=O)(=O)c1cccc(C(=O)Nc2cccc(F)c2)c1. The van der Waals surface area contributed by atoms with Crippen LogP contribution in [0.1, 0.15) is 21.5 Å². The lowest BCUT2D eigenvalue weighted by molar-refractivity contribution is 0.102. The third-order valence-corrected chi connectivity index (χ3v) is 5.55. The van der Waals surface area contributed by atoms with Crippen LogP contribution in [0.2, 0.25) is 0 Å². The van der Waals surface area contributed by atoms with Crippen LogP contribution < -0.4 is 10.0 Å². The van der Waals surface area contributed by atoms with Crippen LogP contribution in [0.25, 0.3) is 0 Å². The minimum atomic E-state index is -3.88. The number of halogens is 1. The van der Waals surface area contributed by atoms with Gasteiger partial charge in [-0.15, -0.1) is 0 Å². The van der Waals surface area contributed by atoms with E-state index in [0.29, 0.717) is 5.69 Å². The van der Waals surface area contributed by atoms with Crippen LogP contribution in [0.4, 0.5) is 15.8 Å². The lowest BCUT2D eigenvalue weighted by atomic mass is 10.1. The molecule has 28 heavy (non-hydrogen) atoms. The molecule has 1 amide bonds. The third-order valence-electron chi connectivity index (χ3n) is 4.21. The first-order valence-electron chi connectivity index (χ1n) is 8.52. The number of para-hydroxylation sites is 1. The van der Waals surface area contributed by atoms with E-state index in [9.17, 15) is 17.6 Å². The molecule has 0 aliphatic heterocycles. The van der Waals surface area contributed by atoms with E-state index >= 15 is 0 Å². The fourth-order valence-corrected chi connectivity index (χ4v) is 3.99. The molecule has 0 bridgehead atoms. The van der Waals surface area contributed by atoms with Gasteiger partial charge in [-0.05, 0) is 61.4 Å². The van der Waals surface area contributed by atoms with Gasteiger partial charge < -0.3 is 5.32 Å². The van der Waals surface area contributed by atoms with Crippen LogP contribution in [0.15, 0.2) is 71.6 Å². The molecule has 5 nitrogen and oxygen atoms in total. The summed E-state index contributed by atoms with van der Waals surface area (Å²) < 4.78 is 41.4. The van der Waals surface area contributed by atoms with Crippen LogP contribution in [-0.4, -0.2) is 14.3 Å². The van der Waals surface area contributed by atoms with Crippen molar-refractivity contribution in [3.63, 3.8) is 0 Å². The normalized spacial score (nSPS) is 11.1. The third kappa shape index (κ3) is 4.37. The standard InChI is InChI=1S/C21H19FN2O3S/c1-14-6-3-7-15(2)20(14)24-28(26,27)19-11-4-8-16(12-19)21(25)23-18-10-5-9-17(22)13-18/h3-13,24H,1-2H3,(H,23,25). The van der Waals surface area contributed by atoms with Crippen molar-refractivity contribution in [1.82, 2.24) is 0 Å². The summed E-state index contributed by atoms with van der Waals surface area (Å²) >= 11 is 0. The van der Waals surface area contributed by atoms with Crippen molar-refractivity contribution in [3.05, 3.63) is 89.2 Å². The first-order chi connectivity index (χ1) is 13.3. The molecule has 0 unspecified atom stereocenters. The van der Waals surface area contributed by atoms with Gasteiger partial charge in [0.1, 0.15) is 5.82 Å². The second-order valence-electron chi connectivity index (χ2n) is 6.36.